The molecule has 0 aromatic heterocycles. The van der Waals surface area contributed by atoms with Crippen LogP contribution < -0.4 is 5.73 Å². The van der Waals surface area contributed by atoms with Gasteiger partial charge in [-0.3, -0.25) is 4.79 Å². The fraction of sp³-hybridized carbons (Fsp3) is 0.900. The largest absolute Gasteiger partial charge is 0.366 e. The van der Waals surface area contributed by atoms with Gasteiger partial charge in [-0.2, -0.15) is 0 Å². The number of carbonyl (C=O) groups is 1. The molecule has 1 aliphatic rings. The Morgan fingerprint density at radius 1 is 1.57 bits per heavy atom. The molecule has 4 nitrogen and oxygen atoms in total. The van der Waals surface area contributed by atoms with Gasteiger partial charge in [0, 0.05) is 19.1 Å². The molecule has 1 atom stereocenters. The highest BCUT2D eigenvalue weighted by molar-refractivity contribution is 5.77. The van der Waals surface area contributed by atoms with Gasteiger partial charge in [-0.05, 0) is 27.2 Å². The lowest BCUT2D eigenvalue weighted by Gasteiger charge is -2.22. The van der Waals surface area contributed by atoms with Gasteiger partial charge in [0.05, 0.1) is 5.60 Å². The smallest absolute Gasteiger partial charge is 0.248 e. The molecule has 0 aromatic rings. The number of carbonyl (C=O) groups excluding carboxylic acids is 1. The van der Waals surface area contributed by atoms with Gasteiger partial charge in [-0.25, -0.2) is 0 Å². The minimum absolute atomic E-state index is 0.0490. The Morgan fingerprint density at radius 2 is 2.21 bits per heavy atom. The van der Waals surface area contributed by atoms with E-state index in [4.69, 9.17) is 10.5 Å². The van der Waals surface area contributed by atoms with E-state index in [1.165, 1.54) is 0 Å². The molecule has 1 rings (SSSR count). The van der Waals surface area contributed by atoms with Gasteiger partial charge in [0.2, 0.25) is 5.91 Å². The molecule has 82 valence electrons. The van der Waals surface area contributed by atoms with Crippen LogP contribution in [0.4, 0.5) is 0 Å². The molecule has 4 heteroatoms. The first-order chi connectivity index (χ1) is 6.38. The van der Waals surface area contributed by atoms with E-state index >= 15 is 0 Å². The van der Waals surface area contributed by atoms with Gasteiger partial charge < -0.3 is 15.4 Å². The van der Waals surface area contributed by atoms with Crippen LogP contribution in [0, 0.1) is 0 Å². The van der Waals surface area contributed by atoms with Crippen molar-refractivity contribution >= 4 is 5.91 Å². The van der Waals surface area contributed by atoms with Crippen molar-refractivity contribution in [1.82, 2.24) is 4.90 Å². The number of rotatable bonds is 2. The van der Waals surface area contributed by atoms with Crippen molar-refractivity contribution in [3.63, 3.8) is 0 Å². The van der Waals surface area contributed by atoms with E-state index in [1.807, 2.05) is 20.8 Å². The van der Waals surface area contributed by atoms with E-state index in [2.05, 4.69) is 0 Å². The molecule has 1 amide bonds. The van der Waals surface area contributed by atoms with E-state index < -0.39 is 0 Å². The van der Waals surface area contributed by atoms with E-state index in [0.29, 0.717) is 6.54 Å². The first-order valence-electron chi connectivity index (χ1n) is 5.06. The summed E-state index contributed by atoms with van der Waals surface area (Å²) in [7, 11) is 0. The zero-order valence-electron chi connectivity index (χ0n) is 9.25. The highest BCUT2D eigenvalue weighted by Crippen LogP contribution is 2.10. The topological polar surface area (TPSA) is 55.6 Å². The maximum atomic E-state index is 11.6. The Balaban J connectivity index is 2.29. The highest BCUT2D eigenvalue weighted by Gasteiger charge is 2.24. The monoisotopic (exact) mass is 200 g/mol. The molecular formula is C10H20N2O2. The number of nitrogens with two attached hydrogens (primary N) is 1. The van der Waals surface area contributed by atoms with Crippen molar-refractivity contribution in [3.8, 4) is 0 Å². The molecule has 1 saturated heterocycles. The van der Waals surface area contributed by atoms with Gasteiger partial charge in [-0.1, -0.05) is 0 Å². The first-order valence-corrected chi connectivity index (χ1v) is 5.06. The Kier molecular flexibility index (Phi) is 3.50. The summed E-state index contributed by atoms with van der Waals surface area (Å²) in [5, 5.41) is 0. The molecule has 14 heavy (non-hydrogen) atoms. The molecular weight excluding hydrogens is 180 g/mol. The predicted molar refractivity (Wildman–Crippen MR) is 54.9 cm³/mol. The van der Waals surface area contributed by atoms with Gasteiger partial charge in [0.1, 0.15) is 6.61 Å². The van der Waals surface area contributed by atoms with E-state index in [1.54, 1.807) is 4.90 Å². The summed E-state index contributed by atoms with van der Waals surface area (Å²) < 4.78 is 5.41. The quantitative estimate of drug-likeness (QED) is 0.700. The fourth-order valence-electron chi connectivity index (χ4n) is 1.38. The number of likely N-dealkylation sites (tertiary alicyclic amines) is 1. The number of amides is 1. The van der Waals surface area contributed by atoms with Crippen molar-refractivity contribution in [2.45, 2.75) is 38.8 Å². The molecule has 0 radical (unpaired) electrons. The van der Waals surface area contributed by atoms with Crippen molar-refractivity contribution in [1.29, 1.82) is 0 Å². The van der Waals surface area contributed by atoms with Gasteiger partial charge in [0.15, 0.2) is 0 Å². The zero-order chi connectivity index (χ0) is 10.8. The van der Waals surface area contributed by atoms with Crippen molar-refractivity contribution in [2.75, 3.05) is 19.7 Å². The number of hydrogen-bond donors (Lipinski definition) is 1. The number of nitrogens with zero attached hydrogens (tertiary/aromatic N) is 1. The fourth-order valence-corrected chi connectivity index (χ4v) is 1.38. The van der Waals surface area contributed by atoms with Gasteiger partial charge in [0.25, 0.3) is 0 Å². The summed E-state index contributed by atoms with van der Waals surface area (Å²) in [6.07, 6.45) is 0.904. The summed E-state index contributed by atoms with van der Waals surface area (Å²) in [6, 6.07) is 0.147. The second-order valence-corrected chi connectivity index (χ2v) is 4.79. The standard InChI is InChI=1S/C10H20N2O2/c1-10(2,3)14-7-9(13)12-5-4-8(11)6-12/h8H,4-7,11H2,1-3H3/t8-/m1/s1. The third-order valence-corrected chi connectivity index (χ3v) is 2.21. The predicted octanol–water partition coefficient (Wildman–Crippen LogP) is 0.361. The minimum atomic E-state index is -0.252. The van der Waals surface area contributed by atoms with Crippen molar-refractivity contribution < 1.29 is 9.53 Å². The lowest BCUT2D eigenvalue weighted by Crippen LogP contribution is -2.36. The van der Waals surface area contributed by atoms with Crippen LogP contribution in [-0.4, -0.2) is 42.1 Å². The molecule has 0 bridgehead atoms. The number of hydrogen-bond acceptors (Lipinski definition) is 3. The molecule has 1 aliphatic heterocycles. The summed E-state index contributed by atoms with van der Waals surface area (Å²) in [6.45, 7) is 7.43. The SMILES string of the molecule is CC(C)(C)OCC(=O)N1CC[C@@H](N)C1. The Labute approximate surface area is 85.4 Å². The maximum Gasteiger partial charge on any atom is 0.248 e. The maximum absolute atomic E-state index is 11.6. The Morgan fingerprint density at radius 3 is 2.64 bits per heavy atom. The van der Waals surface area contributed by atoms with Crippen LogP contribution in [0.1, 0.15) is 27.2 Å². The van der Waals surface area contributed by atoms with Gasteiger partial charge >= 0.3 is 0 Å². The van der Waals surface area contributed by atoms with Crippen LogP contribution in [0.25, 0.3) is 0 Å². The molecule has 0 aliphatic carbocycles. The lowest BCUT2D eigenvalue weighted by atomic mass is 10.2. The molecule has 0 saturated carbocycles. The van der Waals surface area contributed by atoms with Crippen LogP contribution in [0.3, 0.4) is 0 Å². The summed E-state index contributed by atoms with van der Waals surface area (Å²) >= 11 is 0. The third kappa shape index (κ3) is 3.64. The van der Waals surface area contributed by atoms with Gasteiger partial charge in [-0.15, -0.1) is 0 Å². The third-order valence-electron chi connectivity index (χ3n) is 2.21. The van der Waals surface area contributed by atoms with E-state index in [-0.39, 0.29) is 24.2 Å². The summed E-state index contributed by atoms with van der Waals surface area (Å²) in [5.74, 6) is 0.0490. The lowest BCUT2D eigenvalue weighted by molar-refractivity contribution is -0.139. The molecule has 0 unspecified atom stereocenters. The minimum Gasteiger partial charge on any atom is -0.366 e. The molecule has 1 fully saturated rings. The molecule has 2 N–H and O–H groups in total. The molecule has 0 spiro atoms. The average molecular weight is 200 g/mol. The molecule has 1 heterocycles. The summed E-state index contributed by atoms with van der Waals surface area (Å²) in [5.41, 5.74) is 5.46. The van der Waals surface area contributed by atoms with E-state index in [9.17, 15) is 4.79 Å². The van der Waals surface area contributed by atoms with Crippen LogP contribution >= 0.6 is 0 Å². The normalized spacial score (nSPS) is 22.9. The number of ether oxygens (including phenoxy) is 1. The van der Waals surface area contributed by atoms with Crippen LogP contribution in [0.5, 0.6) is 0 Å². The van der Waals surface area contributed by atoms with Crippen LogP contribution in [0.2, 0.25) is 0 Å². The van der Waals surface area contributed by atoms with Crippen LogP contribution in [0.15, 0.2) is 0 Å². The van der Waals surface area contributed by atoms with E-state index in [0.717, 1.165) is 13.0 Å². The molecule has 0 aromatic carbocycles. The first kappa shape index (κ1) is 11.5. The Hall–Kier alpha value is -0.610. The second kappa shape index (κ2) is 4.28. The highest BCUT2D eigenvalue weighted by atomic mass is 16.5. The summed E-state index contributed by atoms with van der Waals surface area (Å²) in [4.78, 5) is 13.4. The Bertz CT molecular complexity index is 211. The van der Waals surface area contributed by atoms with Crippen LogP contribution in [-0.2, 0) is 9.53 Å². The zero-order valence-corrected chi connectivity index (χ0v) is 9.25. The van der Waals surface area contributed by atoms with Crippen molar-refractivity contribution in [3.05, 3.63) is 0 Å². The second-order valence-electron chi connectivity index (χ2n) is 4.79. The van der Waals surface area contributed by atoms with Crippen molar-refractivity contribution in [2.24, 2.45) is 5.73 Å². The average Bonchev–Trinajstić information content (AvgIpc) is 2.46.